The number of rotatable bonds is 20. The second kappa shape index (κ2) is 17.2. The molecule has 3 fully saturated rings. The van der Waals surface area contributed by atoms with Gasteiger partial charge in [0.2, 0.25) is 0 Å². The van der Waals surface area contributed by atoms with E-state index in [-0.39, 0.29) is 5.41 Å². The fraction of sp³-hybridized carbons (Fsp3) is 0.581. The van der Waals surface area contributed by atoms with Crippen LogP contribution in [0.25, 0.3) is 0 Å². The van der Waals surface area contributed by atoms with Crippen molar-refractivity contribution in [2.45, 2.75) is 65.2 Å². The Bertz CT molecular complexity index is 1320. The molecule has 6 rings (SSSR count). The number of hydrogen-bond donors (Lipinski definition) is 0. The summed E-state index contributed by atoms with van der Waals surface area (Å²) in [4.78, 5) is 0. The molecule has 0 spiro atoms. The maximum atomic E-state index is 6.30. The van der Waals surface area contributed by atoms with E-state index < -0.39 is 0 Å². The Balaban J connectivity index is 1.13. The third-order valence-electron chi connectivity index (χ3n) is 11.8. The predicted molar refractivity (Wildman–Crippen MR) is 195 cm³/mol. The largest absolute Gasteiger partial charge is 0.493 e. The van der Waals surface area contributed by atoms with Gasteiger partial charge in [0.1, 0.15) is 17.2 Å². The zero-order chi connectivity index (χ0) is 34.1. The van der Waals surface area contributed by atoms with E-state index in [4.69, 9.17) is 28.4 Å². The normalized spacial score (nSPS) is 19.8. The average molecular weight is 671 g/mol. The minimum absolute atomic E-state index is 0.199. The molecule has 49 heavy (non-hydrogen) atoms. The van der Waals surface area contributed by atoms with Gasteiger partial charge in [-0.1, -0.05) is 64.1 Å². The molecule has 0 saturated carbocycles. The first kappa shape index (κ1) is 35.8. The molecule has 0 radical (unpaired) electrons. The lowest BCUT2D eigenvalue weighted by Crippen LogP contribution is -2.36. The van der Waals surface area contributed by atoms with Gasteiger partial charge in [-0.05, 0) is 103 Å². The predicted octanol–water partition coefficient (Wildman–Crippen LogP) is 8.78. The van der Waals surface area contributed by atoms with Crippen molar-refractivity contribution in [2.75, 3.05) is 59.5 Å². The van der Waals surface area contributed by atoms with Gasteiger partial charge in [-0.2, -0.15) is 0 Å². The Labute approximate surface area is 294 Å². The van der Waals surface area contributed by atoms with Gasteiger partial charge in [0.25, 0.3) is 0 Å². The summed E-state index contributed by atoms with van der Waals surface area (Å²) in [6.07, 6.45) is 5.26. The molecule has 3 aromatic rings. The van der Waals surface area contributed by atoms with Crippen LogP contribution in [0.4, 0.5) is 0 Å². The number of hydrogen-bond acceptors (Lipinski definition) is 6. The molecule has 6 nitrogen and oxygen atoms in total. The second-order valence-electron chi connectivity index (χ2n) is 14.9. The van der Waals surface area contributed by atoms with Crippen LogP contribution in [-0.4, -0.2) is 59.5 Å². The van der Waals surface area contributed by atoms with E-state index in [9.17, 15) is 0 Å². The van der Waals surface area contributed by atoms with Gasteiger partial charge in [-0.15, -0.1) is 0 Å². The minimum Gasteiger partial charge on any atom is -0.493 e. The van der Waals surface area contributed by atoms with Crippen LogP contribution in [0, 0.1) is 35.5 Å². The number of aryl methyl sites for hydroxylation is 1. The van der Waals surface area contributed by atoms with E-state index in [1.807, 2.05) is 0 Å². The highest BCUT2D eigenvalue weighted by atomic mass is 16.5. The summed E-state index contributed by atoms with van der Waals surface area (Å²) < 4.78 is 35.1. The highest BCUT2D eigenvalue weighted by Gasteiger charge is 2.31. The summed E-state index contributed by atoms with van der Waals surface area (Å²) in [5.74, 6) is 6.32. The molecule has 3 aliphatic rings. The third-order valence-corrected chi connectivity index (χ3v) is 11.8. The maximum Gasteiger partial charge on any atom is 0.119 e. The molecule has 0 N–H and O–H groups in total. The number of ether oxygens (including phenoxy) is 6. The van der Waals surface area contributed by atoms with Crippen molar-refractivity contribution in [3.63, 3.8) is 0 Å². The Morgan fingerprint density at radius 2 is 0.857 bits per heavy atom. The first-order valence-corrected chi connectivity index (χ1v) is 18.9. The molecule has 0 bridgehead atoms. The quantitative estimate of drug-likeness (QED) is 0.120. The Hall–Kier alpha value is -3.06. The Morgan fingerprint density at radius 3 is 1.14 bits per heavy atom. The van der Waals surface area contributed by atoms with Gasteiger partial charge in [-0.25, -0.2) is 0 Å². The van der Waals surface area contributed by atoms with Gasteiger partial charge in [-0.3, -0.25) is 0 Å². The summed E-state index contributed by atoms with van der Waals surface area (Å²) in [5.41, 5.74) is 3.69. The molecular formula is C43H58O6. The highest BCUT2D eigenvalue weighted by molar-refractivity contribution is 5.43. The van der Waals surface area contributed by atoms with Crippen molar-refractivity contribution in [2.24, 2.45) is 35.5 Å². The van der Waals surface area contributed by atoms with Crippen molar-refractivity contribution < 1.29 is 28.4 Å². The highest BCUT2D eigenvalue weighted by Crippen LogP contribution is 2.39. The number of benzene rings is 3. The first-order valence-electron chi connectivity index (χ1n) is 18.9. The Morgan fingerprint density at radius 1 is 0.531 bits per heavy atom. The van der Waals surface area contributed by atoms with Crippen molar-refractivity contribution in [3.05, 3.63) is 89.5 Å². The molecule has 3 atom stereocenters. The molecule has 3 heterocycles. The van der Waals surface area contributed by atoms with Crippen molar-refractivity contribution in [1.29, 1.82) is 0 Å². The first-order chi connectivity index (χ1) is 24.0. The SMILES string of the molecule is CCC(COc1ccc(CCC(C)(c2ccc(OCC(CC)C3COC3)cc2)c2ccc(OCC(CC)C3COC3)cc2)cc1)C1COC1. The van der Waals surface area contributed by atoms with Gasteiger partial charge in [0, 0.05) is 23.2 Å². The molecule has 6 heteroatoms. The molecule has 0 aromatic heterocycles. The summed E-state index contributed by atoms with van der Waals surface area (Å²) >= 11 is 0. The van der Waals surface area contributed by atoms with Crippen LogP contribution in [0.3, 0.4) is 0 Å². The smallest absolute Gasteiger partial charge is 0.119 e. The van der Waals surface area contributed by atoms with E-state index in [2.05, 4.69) is 100 Å². The topological polar surface area (TPSA) is 55.4 Å². The van der Waals surface area contributed by atoms with Crippen molar-refractivity contribution in [3.8, 4) is 17.2 Å². The lowest BCUT2D eigenvalue weighted by atomic mass is 9.72. The van der Waals surface area contributed by atoms with Crippen molar-refractivity contribution >= 4 is 0 Å². The monoisotopic (exact) mass is 670 g/mol. The van der Waals surface area contributed by atoms with Gasteiger partial charge in [0.05, 0.1) is 59.5 Å². The zero-order valence-corrected chi connectivity index (χ0v) is 30.2. The summed E-state index contributed by atoms with van der Waals surface area (Å²) in [7, 11) is 0. The van der Waals surface area contributed by atoms with E-state index in [0.717, 1.165) is 109 Å². The molecule has 266 valence electrons. The molecule has 3 aromatic carbocycles. The molecule has 3 saturated heterocycles. The fourth-order valence-electron chi connectivity index (χ4n) is 7.39. The van der Waals surface area contributed by atoms with Crippen LogP contribution >= 0.6 is 0 Å². The van der Waals surface area contributed by atoms with Crippen LogP contribution in [0.1, 0.15) is 70.1 Å². The third kappa shape index (κ3) is 9.00. The van der Waals surface area contributed by atoms with Crippen LogP contribution in [0.2, 0.25) is 0 Å². The van der Waals surface area contributed by atoms with E-state index in [1.165, 1.54) is 16.7 Å². The van der Waals surface area contributed by atoms with Crippen molar-refractivity contribution in [1.82, 2.24) is 0 Å². The van der Waals surface area contributed by atoms with Gasteiger partial charge < -0.3 is 28.4 Å². The van der Waals surface area contributed by atoms with E-state index in [0.29, 0.717) is 35.5 Å². The van der Waals surface area contributed by atoms with E-state index >= 15 is 0 Å². The lowest BCUT2D eigenvalue weighted by molar-refractivity contribution is -0.0694. The average Bonchev–Trinajstić information content (AvgIpc) is 3.07. The lowest BCUT2D eigenvalue weighted by Gasteiger charge is -2.33. The van der Waals surface area contributed by atoms with Crippen LogP contribution in [0.5, 0.6) is 17.2 Å². The standard InChI is InChI=1S/C43H58O6/c1-5-32(35-22-44-23-35)28-47-40-14-8-31(9-15-40)20-21-43(4,38-10-16-41(17-11-38)48-29-33(6-2)36-24-45-25-36)39-12-18-42(19-13-39)49-30-34(7-3)37-26-46-27-37/h8-19,32-37H,5-7,20-30H2,1-4H3. The maximum absolute atomic E-state index is 6.30. The molecule has 0 aliphatic carbocycles. The van der Waals surface area contributed by atoms with Gasteiger partial charge >= 0.3 is 0 Å². The Kier molecular flexibility index (Phi) is 12.6. The summed E-state index contributed by atoms with van der Waals surface area (Å²) in [5, 5.41) is 0. The van der Waals surface area contributed by atoms with Crippen LogP contribution in [-0.2, 0) is 26.0 Å². The molecule has 3 unspecified atom stereocenters. The molecular weight excluding hydrogens is 612 g/mol. The zero-order valence-electron chi connectivity index (χ0n) is 30.2. The van der Waals surface area contributed by atoms with Crippen LogP contribution < -0.4 is 14.2 Å². The minimum atomic E-state index is -0.199. The summed E-state index contributed by atoms with van der Waals surface area (Å²) in [6.45, 7) is 16.5. The fourth-order valence-corrected chi connectivity index (χ4v) is 7.39. The summed E-state index contributed by atoms with van der Waals surface area (Å²) in [6, 6.07) is 26.3. The second-order valence-corrected chi connectivity index (χ2v) is 14.9. The van der Waals surface area contributed by atoms with E-state index in [1.54, 1.807) is 0 Å². The van der Waals surface area contributed by atoms with Gasteiger partial charge in [0.15, 0.2) is 0 Å². The van der Waals surface area contributed by atoms with Crippen LogP contribution in [0.15, 0.2) is 72.8 Å². The molecule has 3 aliphatic heterocycles. The molecule has 0 amide bonds.